The van der Waals surface area contributed by atoms with E-state index in [0.29, 0.717) is 18.3 Å². The van der Waals surface area contributed by atoms with E-state index in [9.17, 15) is 4.79 Å². The number of hydrogen-bond donors (Lipinski definition) is 0. The van der Waals surface area contributed by atoms with Crippen LogP contribution in [-0.2, 0) is 4.79 Å². The first-order valence-electron chi connectivity index (χ1n) is 15.2. The lowest BCUT2D eigenvalue weighted by Crippen LogP contribution is -2.37. The van der Waals surface area contributed by atoms with Crippen molar-refractivity contribution in [2.24, 2.45) is 5.92 Å². The smallest absolute Gasteiger partial charge is 0.311 e. The van der Waals surface area contributed by atoms with Crippen molar-refractivity contribution in [2.45, 2.75) is 131 Å². The van der Waals surface area contributed by atoms with E-state index in [4.69, 9.17) is 9.47 Å². The molecular weight excluding hydrogens is 458 g/mol. The highest BCUT2D eigenvalue weighted by atomic mass is 16.5. The maximum atomic E-state index is 13.1. The van der Waals surface area contributed by atoms with Crippen LogP contribution in [0.5, 0.6) is 11.5 Å². The normalized spacial score (nSPS) is 19.3. The minimum atomic E-state index is -0.324. The molecule has 0 amide bonds. The molecule has 0 fully saturated rings. The first kappa shape index (κ1) is 29.7. The number of benzene rings is 1. The van der Waals surface area contributed by atoms with Crippen LogP contribution in [-0.4, -0.2) is 36.1 Å². The molecule has 0 bridgehead atoms. The summed E-state index contributed by atoms with van der Waals surface area (Å²) in [6.07, 6.45) is 12.1. The van der Waals surface area contributed by atoms with Gasteiger partial charge in [-0.05, 0) is 106 Å². The predicted octanol–water partition coefficient (Wildman–Crippen LogP) is 8.92. The molecule has 0 radical (unpaired) electrons. The van der Waals surface area contributed by atoms with Gasteiger partial charge in [-0.25, -0.2) is 0 Å². The number of fused-ring (bicyclic) bond motifs is 2. The van der Waals surface area contributed by atoms with Crippen molar-refractivity contribution >= 4 is 11.5 Å². The van der Waals surface area contributed by atoms with Gasteiger partial charge in [0.15, 0.2) is 0 Å². The van der Waals surface area contributed by atoms with E-state index in [1.165, 1.54) is 55.2 Å². The van der Waals surface area contributed by atoms with Crippen LogP contribution >= 0.6 is 0 Å². The topological polar surface area (TPSA) is 38.8 Å². The second-order valence-electron chi connectivity index (χ2n) is 12.0. The Morgan fingerprint density at radius 2 is 1.84 bits per heavy atom. The van der Waals surface area contributed by atoms with Gasteiger partial charge in [-0.2, -0.15) is 0 Å². The molecule has 4 nitrogen and oxygen atoms in total. The fourth-order valence-corrected chi connectivity index (χ4v) is 6.10. The number of allylic oxidation sites excluding steroid dienone is 1. The Hall–Kier alpha value is -1.81. The number of carbonyl (C=O) groups excluding carboxylic acids is 1. The summed E-state index contributed by atoms with van der Waals surface area (Å²) >= 11 is 0. The quantitative estimate of drug-likeness (QED) is 0.142. The second kappa shape index (κ2) is 13.8. The van der Waals surface area contributed by atoms with Gasteiger partial charge < -0.3 is 14.4 Å². The van der Waals surface area contributed by atoms with E-state index in [1.807, 2.05) is 0 Å². The summed E-state index contributed by atoms with van der Waals surface area (Å²) in [5.41, 5.74) is 4.68. The predicted molar refractivity (Wildman–Crippen MR) is 156 cm³/mol. The maximum absolute atomic E-state index is 13.1. The van der Waals surface area contributed by atoms with Gasteiger partial charge in [-0.3, -0.25) is 4.79 Å². The van der Waals surface area contributed by atoms with Crippen LogP contribution in [0.25, 0.3) is 5.57 Å². The number of unbranched alkanes of at least 4 members (excludes halogenated alkanes) is 4. The van der Waals surface area contributed by atoms with Crippen molar-refractivity contribution in [1.82, 2.24) is 4.90 Å². The van der Waals surface area contributed by atoms with Gasteiger partial charge in [0.1, 0.15) is 17.1 Å². The Morgan fingerprint density at radius 1 is 1.11 bits per heavy atom. The highest BCUT2D eigenvalue weighted by Gasteiger charge is 2.39. The molecule has 1 aliphatic carbocycles. The summed E-state index contributed by atoms with van der Waals surface area (Å²) in [4.78, 5) is 15.4. The highest BCUT2D eigenvalue weighted by molar-refractivity contribution is 5.84. The summed E-state index contributed by atoms with van der Waals surface area (Å²) in [5, 5.41) is 0. The Balaban J connectivity index is 1.88. The van der Waals surface area contributed by atoms with E-state index in [2.05, 4.69) is 65.5 Å². The van der Waals surface area contributed by atoms with Gasteiger partial charge in [-0.15, -0.1) is 0 Å². The molecule has 0 spiro atoms. The molecule has 3 rings (SSSR count). The monoisotopic (exact) mass is 511 g/mol. The lowest BCUT2D eigenvalue weighted by molar-refractivity contribution is -0.134. The molecular formula is C33H53NO3. The van der Waals surface area contributed by atoms with Gasteiger partial charge >= 0.3 is 5.97 Å². The number of nitrogens with zero attached hydrogens (tertiary/aromatic N) is 1. The van der Waals surface area contributed by atoms with Crippen LogP contribution in [0, 0.1) is 5.92 Å². The van der Waals surface area contributed by atoms with Crippen molar-refractivity contribution < 1.29 is 14.3 Å². The Kier molecular flexibility index (Phi) is 11.1. The average Bonchev–Trinajstić information content (AvgIpc) is 2.85. The number of rotatable bonds is 14. The summed E-state index contributed by atoms with van der Waals surface area (Å²) < 4.78 is 12.9. The molecule has 0 saturated carbocycles. The van der Waals surface area contributed by atoms with Crippen molar-refractivity contribution in [3.8, 4) is 11.5 Å². The third-order valence-electron chi connectivity index (χ3n) is 8.57. The number of hydrogen-bond acceptors (Lipinski definition) is 4. The zero-order valence-electron chi connectivity index (χ0n) is 24.9. The Labute approximate surface area is 227 Å². The van der Waals surface area contributed by atoms with Crippen LogP contribution in [0.2, 0.25) is 0 Å². The highest BCUT2D eigenvalue weighted by Crippen LogP contribution is 2.52. The lowest BCUT2D eigenvalue weighted by Gasteiger charge is -2.41. The molecule has 1 aromatic carbocycles. The van der Waals surface area contributed by atoms with Gasteiger partial charge in [-0.1, -0.05) is 66.7 Å². The SMILES string of the molecule is CCCCCCC[C@H](C)c1cc(OC(=O)CCCN(CC)CC)c2c(c1)OC(C)(C)C1=C2C[C@H](C)CC1. The maximum Gasteiger partial charge on any atom is 0.311 e. The summed E-state index contributed by atoms with van der Waals surface area (Å²) in [6.45, 7) is 18.6. The Morgan fingerprint density at radius 3 is 2.54 bits per heavy atom. The molecule has 0 N–H and O–H groups in total. The number of esters is 1. The minimum Gasteiger partial charge on any atom is -0.483 e. The van der Waals surface area contributed by atoms with Crippen molar-refractivity contribution in [1.29, 1.82) is 0 Å². The van der Waals surface area contributed by atoms with Crippen LogP contribution in [0.3, 0.4) is 0 Å². The van der Waals surface area contributed by atoms with E-state index < -0.39 is 0 Å². The van der Waals surface area contributed by atoms with Crippen molar-refractivity contribution in [3.05, 3.63) is 28.8 Å². The van der Waals surface area contributed by atoms with Crippen molar-refractivity contribution in [2.75, 3.05) is 19.6 Å². The van der Waals surface area contributed by atoms with Crippen LogP contribution in [0.4, 0.5) is 0 Å². The molecule has 1 aromatic rings. The third-order valence-corrected chi connectivity index (χ3v) is 8.57. The van der Waals surface area contributed by atoms with E-state index in [1.54, 1.807) is 0 Å². The molecule has 37 heavy (non-hydrogen) atoms. The molecule has 1 heterocycles. The molecule has 208 valence electrons. The van der Waals surface area contributed by atoms with Crippen LogP contribution in [0.15, 0.2) is 17.7 Å². The fourth-order valence-electron chi connectivity index (χ4n) is 6.10. The summed E-state index contributed by atoms with van der Waals surface area (Å²) in [6, 6.07) is 4.40. The van der Waals surface area contributed by atoms with E-state index in [-0.39, 0.29) is 11.6 Å². The second-order valence-corrected chi connectivity index (χ2v) is 12.0. The van der Waals surface area contributed by atoms with E-state index >= 15 is 0 Å². The molecule has 0 unspecified atom stereocenters. The van der Waals surface area contributed by atoms with Crippen LogP contribution < -0.4 is 9.47 Å². The standard InChI is InChI=1S/C33H53NO3/c1-8-11-12-13-14-16-25(5)26-22-29(36-31(35)17-15-20-34(9-2)10-3)32-27-21-24(4)18-19-28(27)33(6,7)37-30(32)23-26/h22-25H,8-21H2,1-7H3/t24-,25+/m1/s1. The first-order chi connectivity index (χ1) is 17.7. The molecule has 1 aliphatic heterocycles. The molecule has 2 aliphatic rings. The largest absolute Gasteiger partial charge is 0.483 e. The lowest BCUT2D eigenvalue weighted by atomic mass is 9.74. The average molecular weight is 512 g/mol. The first-order valence-corrected chi connectivity index (χ1v) is 15.2. The number of carbonyl (C=O) groups is 1. The molecule has 0 saturated heterocycles. The zero-order valence-corrected chi connectivity index (χ0v) is 24.9. The summed E-state index contributed by atoms with van der Waals surface area (Å²) in [7, 11) is 0. The zero-order chi connectivity index (χ0) is 27.0. The van der Waals surface area contributed by atoms with Crippen molar-refractivity contribution in [3.63, 3.8) is 0 Å². The van der Waals surface area contributed by atoms with Gasteiger partial charge in [0.05, 0.1) is 5.56 Å². The van der Waals surface area contributed by atoms with Crippen LogP contribution in [0.1, 0.15) is 136 Å². The minimum absolute atomic E-state index is 0.130. The van der Waals surface area contributed by atoms with Gasteiger partial charge in [0.25, 0.3) is 0 Å². The summed E-state index contributed by atoms with van der Waals surface area (Å²) in [5.74, 6) is 2.52. The number of ether oxygens (including phenoxy) is 2. The Bertz CT molecular complexity index is 928. The molecule has 0 aromatic heterocycles. The van der Waals surface area contributed by atoms with Gasteiger partial charge in [0, 0.05) is 6.42 Å². The van der Waals surface area contributed by atoms with Gasteiger partial charge in [0.2, 0.25) is 0 Å². The molecule has 2 atom stereocenters. The van der Waals surface area contributed by atoms with E-state index in [0.717, 1.165) is 62.4 Å². The third kappa shape index (κ3) is 7.85. The molecule has 4 heteroatoms. The fraction of sp³-hybridized carbons (Fsp3) is 0.727.